The quantitative estimate of drug-likeness (QED) is 0.906. The SMILES string of the molecule is CC(N)Cc1c(Cl)cccc1N(C)CC1CCCCO1. The van der Waals surface area contributed by atoms with Gasteiger partial charge in [-0.25, -0.2) is 0 Å². The first-order chi connectivity index (χ1) is 9.58. The van der Waals surface area contributed by atoms with Gasteiger partial charge in [0.15, 0.2) is 0 Å². The number of likely N-dealkylation sites (N-methyl/N-ethyl adjacent to an activating group) is 1. The lowest BCUT2D eigenvalue weighted by Crippen LogP contribution is -2.34. The van der Waals surface area contributed by atoms with Crippen LogP contribution in [0.15, 0.2) is 18.2 Å². The van der Waals surface area contributed by atoms with E-state index in [4.69, 9.17) is 22.1 Å². The predicted octanol–water partition coefficient (Wildman–Crippen LogP) is 3.24. The van der Waals surface area contributed by atoms with Crippen molar-refractivity contribution in [3.8, 4) is 0 Å². The average molecular weight is 297 g/mol. The van der Waals surface area contributed by atoms with Crippen LogP contribution in [-0.2, 0) is 11.2 Å². The lowest BCUT2D eigenvalue weighted by atomic mass is 10.0. The van der Waals surface area contributed by atoms with Gasteiger partial charge >= 0.3 is 0 Å². The summed E-state index contributed by atoms with van der Waals surface area (Å²) in [5.41, 5.74) is 8.26. The molecule has 0 radical (unpaired) electrons. The first-order valence-corrected chi connectivity index (χ1v) is 7.81. The van der Waals surface area contributed by atoms with Gasteiger partial charge in [0.05, 0.1) is 6.10 Å². The molecule has 1 aliphatic rings. The van der Waals surface area contributed by atoms with E-state index in [1.54, 1.807) is 0 Å². The molecule has 20 heavy (non-hydrogen) atoms. The molecule has 112 valence electrons. The fourth-order valence-corrected chi connectivity index (χ4v) is 3.03. The summed E-state index contributed by atoms with van der Waals surface area (Å²) in [6.45, 7) is 3.81. The van der Waals surface area contributed by atoms with Gasteiger partial charge in [0, 0.05) is 37.0 Å². The van der Waals surface area contributed by atoms with Gasteiger partial charge in [0.2, 0.25) is 0 Å². The minimum atomic E-state index is 0.105. The van der Waals surface area contributed by atoms with Crippen LogP contribution < -0.4 is 10.6 Å². The molecule has 0 aliphatic carbocycles. The molecule has 0 aromatic heterocycles. The van der Waals surface area contributed by atoms with Crippen LogP contribution in [-0.4, -0.2) is 32.3 Å². The maximum Gasteiger partial charge on any atom is 0.0749 e. The van der Waals surface area contributed by atoms with Gasteiger partial charge < -0.3 is 15.4 Å². The molecule has 2 unspecified atom stereocenters. The molecule has 1 aromatic rings. The molecule has 0 spiro atoms. The summed E-state index contributed by atoms with van der Waals surface area (Å²) in [4.78, 5) is 2.25. The Balaban J connectivity index is 2.11. The Morgan fingerprint density at radius 1 is 1.45 bits per heavy atom. The number of nitrogens with zero attached hydrogens (tertiary/aromatic N) is 1. The summed E-state index contributed by atoms with van der Waals surface area (Å²) < 4.78 is 5.82. The summed E-state index contributed by atoms with van der Waals surface area (Å²) in [5.74, 6) is 0. The normalized spacial score (nSPS) is 20.7. The van der Waals surface area contributed by atoms with Gasteiger partial charge in [-0.3, -0.25) is 0 Å². The van der Waals surface area contributed by atoms with Gasteiger partial charge in [0.25, 0.3) is 0 Å². The van der Waals surface area contributed by atoms with Crippen LogP contribution in [0.25, 0.3) is 0 Å². The Kier molecular flexibility index (Phi) is 5.70. The highest BCUT2D eigenvalue weighted by atomic mass is 35.5. The standard InChI is InChI=1S/C16H25ClN2O/c1-12(18)10-14-15(17)7-5-8-16(14)19(2)11-13-6-3-4-9-20-13/h5,7-8,12-13H,3-4,6,9-11,18H2,1-2H3. The molecule has 2 atom stereocenters. The molecular formula is C16H25ClN2O. The molecule has 1 aromatic carbocycles. The smallest absolute Gasteiger partial charge is 0.0749 e. The molecule has 3 nitrogen and oxygen atoms in total. The Bertz CT molecular complexity index is 430. The van der Waals surface area contributed by atoms with E-state index >= 15 is 0 Å². The second-order valence-electron chi connectivity index (χ2n) is 5.79. The molecule has 1 fully saturated rings. The summed E-state index contributed by atoms with van der Waals surface area (Å²) in [7, 11) is 2.11. The van der Waals surface area contributed by atoms with Crippen molar-refractivity contribution < 1.29 is 4.74 Å². The second-order valence-corrected chi connectivity index (χ2v) is 6.20. The zero-order chi connectivity index (χ0) is 14.5. The minimum Gasteiger partial charge on any atom is -0.376 e. The number of hydrogen-bond donors (Lipinski definition) is 1. The van der Waals surface area contributed by atoms with Gasteiger partial charge in [0.1, 0.15) is 0 Å². The van der Waals surface area contributed by atoms with Crippen LogP contribution in [0.3, 0.4) is 0 Å². The van der Waals surface area contributed by atoms with Crippen LogP contribution in [0.2, 0.25) is 5.02 Å². The third-order valence-electron chi connectivity index (χ3n) is 3.78. The van der Waals surface area contributed by atoms with Crippen molar-refractivity contribution in [2.75, 3.05) is 25.1 Å². The monoisotopic (exact) mass is 296 g/mol. The second kappa shape index (κ2) is 7.30. The topological polar surface area (TPSA) is 38.5 Å². The van der Waals surface area contributed by atoms with E-state index in [0.29, 0.717) is 6.10 Å². The summed E-state index contributed by atoms with van der Waals surface area (Å²) in [5, 5.41) is 0.802. The number of halogens is 1. The molecular weight excluding hydrogens is 272 g/mol. The van der Waals surface area contributed by atoms with E-state index in [0.717, 1.165) is 36.6 Å². The Labute approximate surface area is 127 Å². The van der Waals surface area contributed by atoms with E-state index in [1.165, 1.54) is 18.5 Å². The molecule has 0 bridgehead atoms. The molecule has 0 saturated carbocycles. The summed E-state index contributed by atoms with van der Waals surface area (Å²) in [6.07, 6.45) is 4.72. The maximum absolute atomic E-state index is 6.35. The van der Waals surface area contributed by atoms with Crippen molar-refractivity contribution in [3.63, 3.8) is 0 Å². The fraction of sp³-hybridized carbons (Fsp3) is 0.625. The zero-order valence-corrected chi connectivity index (χ0v) is 13.2. The lowest BCUT2D eigenvalue weighted by molar-refractivity contribution is 0.0216. The van der Waals surface area contributed by atoms with Gasteiger partial charge in [-0.2, -0.15) is 0 Å². The molecule has 1 saturated heterocycles. The highest BCUT2D eigenvalue weighted by molar-refractivity contribution is 6.31. The van der Waals surface area contributed by atoms with Crippen molar-refractivity contribution in [3.05, 3.63) is 28.8 Å². The van der Waals surface area contributed by atoms with Crippen LogP contribution in [0.5, 0.6) is 0 Å². The average Bonchev–Trinajstić information content (AvgIpc) is 2.41. The van der Waals surface area contributed by atoms with Crippen LogP contribution >= 0.6 is 11.6 Å². The van der Waals surface area contributed by atoms with Crippen molar-refractivity contribution >= 4 is 17.3 Å². The molecule has 1 heterocycles. The van der Waals surface area contributed by atoms with E-state index in [-0.39, 0.29) is 6.04 Å². The fourth-order valence-electron chi connectivity index (χ4n) is 2.78. The van der Waals surface area contributed by atoms with Crippen molar-refractivity contribution in [1.29, 1.82) is 0 Å². The number of nitrogens with two attached hydrogens (primary N) is 1. The van der Waals surface area contributed by atoms with Crippen molar-refractivity contribution in [2.24, 2.45) is 5.73 Å². The maximum atomic E-state index is 6.35. The number of rotatable bonds is 5. The number of ether oxygens (including phenoxy) is 1. The van der Waals surface area contributed by atoms with E-state index in [1.807, 2.05) is 19.1 Å². The number of hydrogen-bond acceptors (Lipinski definition) is 3. The molecule has 1 aliphatic heterocycles. The van der Waals surface area contributed by atoms with E-state index < -0.39 is 0 Å². The first kappa shape index (κ1) is 15.6. The van der Waals surface area contributed by atoms with Gasteiger partial charge in [-0.15, -0.1) is 0 Å². The van der Waals surface area contributed by atoms with Gasteiger partial charge in [-0.1, -0.05) is 17.7 Å². The van der Waals surface area contributed by atoms with Crippen LogP contribution in [0.4, 0.5) is 5.69 Å². The third-order valence-corrected chi connectivity index (χ3v) is 4.14. The predicted molar refractivity (Wildman–Crippen MR) is 85.7 cm³/mol. The number of anilines is 1. The highest BCUT2D eigenvalue weighted by Crippen LogP contribution is 2.29. The zero-order valence-electron chi connectivity index (χ0n) is 12.4. The Hall–Kier alpha value is -0.770. The van der Waals surface area contributed by atoms with Crippen LogP contribution in [0.1, 0.15) is 31.7 Å². The Morgan fingerprint density at radius 3 is 2.90 bits per heavy atom. The molecule has 4 heteroatoms. The number of benzene rings is 1. The van der Waals surface area contributed by atoms with E-state index in [2.05, 4.69) is 18.0 Å². The highest BCUT2D eigenvalue weighted by Gasteiger charge is 2.18. The van der Waals surface area contributed by atoms with Crippen molar-refractivity contribution in [1.82, 2.24) is 0 Å². The third kappa shape index (κ3) is 4.11. The van der Waals surface area contributed by atoms with E-state index in [9.17, 15) is 0 Å². The van der Waals surface area contributed by atoms with Gasteiger partial charge in [-0.05, 0) is 50.3 Å². The largest absolute Gasteiger partial charge is 0.376 e. The summed E-state index contributed by atoms with van der Waals surface area (Å²) >= 11 is 6.35. The lowest BCUT2D eigenvalue weighted by Gasteiger charge is -2.30. The molecule has 2 rings (SSSR count). The van der Waals surface area contributed by atoms with Crippen LogP contribution in [0, 0.1) is 0 Å². The summed E-state index contributed by atoms with van der Waals surface area (Å²) in [6, 6.07) is 6.16. The Morgan fingerprint density at radius 2 is 2.25 bits per heavy atom. The molecule has 2 N–H and O–H groups in total. The first-order valence-electron chi connectivity index (χ1n) is 7.43. The molecule has 0 amide bonds. The minimum absolute atomic E-state index is 0.105. The van der Waals surface area contributed by atoms with Crippen molar-refractivity contribution in [2.45, 2.75) is 44.8 Å².